The maximum Gasteiger partial charge on any atom is 0.260 e. The maximum absolute atomic E-state index is 13.1. The fourth-order valence-corrected chi connectivity index (χ4v) is 6.53. The second-order valence-electron chi connectivity index (χ2n) is 11.0. The van der Waals surface area contributed by atoms with Gasteiger partial charge in [-0.2, -0.15) is 0 Å². The van der Waals surface area contributed by atoms with E-state index in [-0.39, 0.29) is 18.3 Å². The Morgan fingerprint density at radius 2 is 1.62 bits per heavy atom. The molecule has 1 amide bonds. The summed E-state index contributed by atoms with van der Waals surface area (Å²) in [6.07, 6.45) is 2.61. The lowest BCUT2D eigenvalue weighted by molar-refractivity contribution is -0.134. The molecule has 2 aliphatic heterocycles. The molecule has 0 radical (unpaired) electrons. The lowest BCUT2D eigenvalue weighted by Gasteiger charge is -2.33. The normalized spacial score (nSPS) is 16.4. The summed E-state index contributed by atoms with van der Waals surface area (Å²) in [4.78, 5) is 32.0. The molecule has 3 aromatic carbocycles. The van der Waals surface area contributed by atoms with Gasteiger partial charge in [0.1, 0.15) is 0 Å². The Hall–Kier alpha value is -3.76. The van der Waals surface area contributed by atoms with Gasteiger partial charge in [0.25, 0.3) is 5.91 Å². The number of amidine groups is 1. The number of amides is 1. The molecular formula is C34H39BrClN5O4. The number of piperidine rings is 1. The van der Waals surface area contributed by atoms with Crippen molar-refractivity contribution in [1.82, 2.24) is 4.90 Å². The molecule has 1 unspecified atom stereocenters. The zero-order valence-electron chi connectivity index (χ0n) is 26.1. The minimum Gasteiger partial charge on any atom is -0.493 e. The number of halogens is 2. The topological polar surface area (TPSA) is 77.9 Å². The van der Waals surface area contributed by atoms with Crippen LogP contribution in [0.2, 0.25) is 5.02 Å². The molecule has 1 saturated heterocycles. The van der Waals surface area contributed by atoms with Crippen molar-refractivity contribution < 1.29 is 19.1 Å². The van der Waals surface area contributed by atoms with Gasteiger partial charge in [-0.3, -0.25) is 14.5 Å². The highest BCUT2D eigenvalue weighted by Crippen LogP contribution is 2.44. The van der Waals surface area contributed by atoms with Crippen molar-refractivity contribution in [2.75, 3.05) is 54.7 Å². The number of anilines is 3. The Balaban J connectivity index is 1.55. The van der Waals surface area contributed by atoms with E-state index in [0.29, 0.717) is 26.8 Å². The number of carbonyl (C=O) groups excluding carboxylic acids is 2. The lowest BCUT2D eigenvalue weighted by atomic mass is 10.1. The molecule has 3 aromatic rings. The van der Waals surface area contributed by atoms with Crippen LogP contribution in [-0.2, 0) is 9.59 Å². The highest BCUT2D eigenvalue weighted by atomic mass is 79.9. The Bertz CT molecular complexity index is 1540. The van der Waals surface area contributed by atoms with E-state index in [2.05, 4.69) is 46.8 Å². The Labute approximate surface area is 278 Å². The van der Waals surface area contributed by atoms with Crippen LogP contribution in [0.1, 0.15) is 51.8 Å². The fraction of sp³-hybridized carbons (Fsp3) is 0.382. The van der Waals surface area contributed by atoms with Gasteiger partial charge >= 0.3 is 0 Å². The maximum atomic E-state index is 13.1. The standard InChI is InChI=1S/C34H39BrClN5O4/c1-5-38(6-2)26-14-16-27(17-15-26)40-33(23(3)42)37-41(28-12-10-25(36)11-13-28)34(40)24-20-29(35)32(30(21-24)44-4)45-22-31(43)39-18-8-7-9-19-39/h10-17,20-21,34H,5-9,18-19,22H2,1-4H3. The van der Waals surface area contributed by atoms with Crippen LogP contribution in [0.15, 0.2) is 70.2 Å². The molecule has 238 valence electrons. The predicted octanol–water partition coefficient (Wildman–Crippen LogP) is 7.28. The van der Waals surface area contributed by atoms with Gasteiger partial charge in [0, 0.05) is 55.1 Å². The number of carbonyl (C=O) groups is 2. The average Bonchev–Trinajstić information content (AvgIpc) is 3.46. The van der Waals surface area contributed by atoms with Crippen LogP contribution in [0.3, 0.4) is 0 Å². The number of hydrogen-bond donors (Lipinski definition) is 0. The number of benzene rings is 3. The van der Waals surface area contributed by atoms with Gasteiger partial charge in [-0.15, -0.1) is 5.10 Å². The number of methoxy groups -OCH3 is 1. The average molecular weight is 697 g/mol. The number of hydrogen-bond acceptors (Lipinski definition) is 8. The van der Waals surface area contributed by atoms with Gasteiger partial charge in [0.2, 0.25) is 0 Å². The third kappa shape index (κ3) is 7.07. The zero-order chi connectivity index (χ0) is 32.1. The Morgan fingerprint density at radius 3 is 2.22 bits per heavy atom. The van der Waals surface area contributed by atoms with E-state index in [9.17, 15) is 9.59 Å². The van der Waals surface area contributed by atoms with Crippen molar-refractivity contribution in [1.29, 1.82) is 0 Å². The minimum absolute atomic E-state index is 0.0451. The fourth-order valence-electron chi connectivity index (χ4n) is 5.83. The van der Waals surface area contributed by atoms with Crippen molar-refractivity contribution in [3.63, 3.8) is 0 Å². The molecule has 2 heterocycles. The van der Waals surface area contributed by atoms with Crippen LogP contribution in [0, 0.1) is 0 Å². The number of rotatable bonds is 11. The molecule has 11 heteroatoms. The minimum atomic E-state index is -0.557. The zero-order valence-corrected chi connectivity index (χ0v) is 28.5. The predicted molar refractivity (Wildman–Crippen MR) is 184 cm³/mol. The summed E-state index contributed by atoms with van der Waals surface area (Å²) in [5.41, 5.74) is 3.45. The summed E-state index contributed by atoms with van der Waals surface area (Å²) in [5, 5.41) is 7.26. The SMILES string of the molecule is CCN(CC)c1ccc(N2C(C(C)=O)=NN(c3ccc(Cl)cc3)C2c2cc(Br)c(OCC(=O)N3CCCCC3)c(OC)c2)cc1. The first kappa shape index (κ1) is 32.6. The second-order valence-corrected chi connectivity index (χ2v) is 12.3. The molecule has 0 aromatic heterocycles. The van der Waals surface area contributed by atoms with Crippen molar-refractivity contribution in [2.45, 2.75) is 46.2 Å². The van der Waals surface area contributed by atoms with E-state index < -0.39 is 6.17 Å². The van der Waals surface area contributed by atoms with Crippen LogP contribution in [0.25, 0.3) is 0 Å². The van der Waals surface area contributed by atoms with Gasteiger partial charge in [-0.25, -0.2) is 5.01 Å². The van der Waals surface area contributed by atoms with E-state index >= 15 is 0 Å². The van der Waals surface area contributed by atoms with Crippen molar-refractivity contribution in [2.24, 2.45) is 5.10 Å². The number of hydrazone groups is 1. The Kier molecular flexibility index (Phi) is 10.6. The van der Waals surface area contributed by atoms with Crippen molar-refractivity contribution in [3.8, 4) is 11.5 Å². The highest BCUT2D eigenvalue weighted by molar-refractivity contribution is 9.10. The smallest absolute Gasteiger partial charge is 0.260 e. The number of nitrogens with zero attached hydrogens (tertiary/aromatic N) is 5. The first-order chi connectivity index (χ1) is 21.7. The summed E-state index contributed by atoms with van der Waals surface area (Å²) in [5.74, 6) is 0.969. The lowest BCUT2D eigenvalue weighted by Crippen LogP contribution is -2.38. The number of likely N-dealkylation sites (tertiary alicyclic amines) is 1. The monoisotopic (exact) mass is 695 g/mol. The summed E-state index contributed by atoms with van der Waals surface area (Å²) in [7, 11) is 1.57. The molecule has 1 fully saturated rings. The number of ether oxygens (including phenoxy) is 2. The summed E-state index contributed by atoms with van der Waals surface area (Å²) < 4.78 is 12.5. The van der Waals surface area contributed by atoms with Crippen LogP contribution in [0.4, 0.5) is 17.1 Å². The van der Waals surface area contributed by atoms with Gasteiger partial charge in [0.05, 0.1) is 17.3 Å². The van der Waals surface area contributed by atoms with Gasteiger partial charge in [-0.1, -0.05) is 11.6 Å². The second kappa shape index (κ2) is 14.6. The van der Waals surface area contributed by atoms with Crippen molar-refractivity contribution >= 4 is 62.1 Å². The molecule has 0 aliphatic carbocycles. The third-order valence-electron chi connectivity index (χ3n) is 8.17. The molecule has 45 heavy (non-hydrogen) atoms. The molecule has 0 spiro atoms. The van der Waals surface area contributed by atoms with E-state index in [0.717, 1.165) is 68.1 Å². The number of ketones is 1. The molecule has 0 N–H and O–H groups in total. The first-order valence-electron chi connectivity index (χ1n) is 15.3. The quantitative estimate of drug-likeness (QED) is 0.209. The highest BCUT2D eigenvalue weighted by Gasteiger charge is 2.40. The summed E-state index contributed by atoms with van der Waals surface area (Å²) in [6, 6.07) is 19.3. The van der Waals surface area contributed by atoms with E-state index in [1.54, 1.807) is 19.2 Å². The first-order valence-corrected chi connectivity index (χ1v) is 16.5. The third-order valence-corrected chi connectivity index (χ3v) is 9.01. The molecule has 1 atom stereocenters. The number of Topliss-reactive ketones (excluding diaryl/α,β-unsaturated/α-hetero) is 1. The molecule has 0 bridgehead atoms. The molecular weight excluding hydrogens is 658 g/mol. The van der Waals surface area contributed by atoms with E-state index in [1.807, 2.05) is 51.2 Å². The van der Waals surface area contributed by atoms with Crippen LogP contribution < -0.4 is 24.3 Å². The van der Waals surface area contributed by atoms with Gasteiger partial charge in [0.15, 0.2) is 35.9 Å². The van der Waals surface area contributed by atoms with Gasteiger partial charge in [-0.05, 0) is 110 Å². The van der Waals surface area contributed by atoms with Gasteiger partial charge < -0.3 is 19.3 Å². The van der Waals surface area contributed by atoms with Crippen LogP contribution >= 0.6 is 27.5 Å². The largest absolute Gasteiger partial charge is 0.493 e. The van der Waals surface area contributed by atoms with Crippen LogP contribution in [-0.4, -0.2) is 62.3 Å². The molecule has 9 nitrogen and oxygen atoms in total. The van der Waals surface area contributed by atoms with E-state index in [1.165, 1.54) is 6.92 Å². The summed E-state index contributed by atoms with van der Waals surface area (Å²) in [6.45, 7) is 8.97. The molecule has 0 saturated carbocycles. The summed E-state index contributed by atoms with van der Waals surface area (Å²) >= 11 is 9.92. The Morgan fingerprint density at radius 1 is 0.978 bits per heavy atom. The van der Waals surface area contributed by atoms with E-state index in [4.69, 9.17) is 26.2 Å². The van der Waals surface area contributed by atoms with Crippen molar-refractivity contribution in [3.05, 3.63) is 75.7 Å². The molecule has 2 aliphatic rings. The molecule has 5 rings (SSSR count). The van der Waals surface area contributed by atoms with Crippen LogP contribution in [0.5, 0.6) is 11.5 Å².